The van der Waals surface area contributed by atoms with Crippen LogP contribution in [0.2, 0.25) is 0 Å². The number of aliphatic carboxylic acids is 1. The summed E-state index contributed by atoms with van der Waals surface area (Å²) in [6.07, 6.45) is 0.934. The molecule has 0 aromatic heterocycles. The Morgan fingerprint density at radius 2 is 1.77 bits per heavy atom. The zero-order chi connectivity index (χ0) is 18.7. The number of urea groups is 1. The molecule has 2 saturated heterocycles. The lowest BCUT2D eigenvalue weighted by Gasteiger charge is -2.38. The van der Waals surface area contributed by atoms with Crippen LogP contribution in [-0.4, -0.2) is 58.3 Å². The highest BCUT2D eigenvalue weighted by atomic mass is 16.4. The predicted octanol–water partition coefficient (Wildman–Crippen LogP) is 0.934. The second kappa shape index (κ2) is 7.33. The average Bonchev–Trinajstić information content (AvgIpc) is 2.58. The first-order chi connectivity index (χ1) is 12.3. The van der Waals surface area contributed by atoms with E-state index in [0.717, 1.165) is 11.3 Å². The van der Waals surface area contributed by atoms with E-state index in [9.17, 15) is 19.5 Å². The number of carbonyl (C=O) groups excluding carboxylic acids is 2. The number of nitrogens with one attached hydrogen (secondary N) is 1. The van der Waals surface area contributed by atoms with Crippen molar-refractivity contribution in [3.63, 3.8) is 0 Å². The van der Waals surface area contributed by atoms with Gasteiger partial charge in [0.2, 0.25) is 5.91 Å². The van der Waals surface area contributed by atoms with Crippen LogP contribution in [0.25, 0.3) is 0 Å². The van der Waals surface area contributed by atoms with Gasteiger partial charge in [0.25, 0.3) is 0 Å². The van der Waals surface area contributed by atoms with Crippen LogP contribution in [0, 0.1) is 0 Å². The molecule has 140 valence electrons. The first-order valence-electron chi connectivity index (χ1n) is 8.71. The van der Waals surface area contributed by atoms with E-state index < -0.39 is 11.6 Å². The normalized spacial score (nSPS) is 20.0. The van der Waals surface area contributed by atoms with Crippen molar-refractivity contribution in [2.45, 2.75) is 37.8 Å². The summed E-state index contributed by atoms with van der Waals surface area (Å²) in [6, 6.07) is 7.45. The Labute approximate surface area is 151 Å². The number of piperidine rings is 1. The van der Waals surface area contributed by atoms with Crippen LogP contribution in [0.3, 0.4) is 0 Å². The van der Waals surface area contributed by atoms with Gasteiger partial charge in [0.1, 0.15) is 0 Å². The third kappa shape index (κ3) is 4.32. The number of benzene rings is 1. The largest absolute Gasteiger partial charge is 0.481 e. The Kier molecular flexibility index (Phi) is 5.13. The molecule has 3 amide bonds. The maximum absolute atomic E-state index is 11.8. The van der Waals surface area contributed by atoms with E-state index in [1.807, 2.05) is 24.3 Å². The predicted molar refractivity (Wildman–Crippen MR) is 93.7 cm³/mol. The molecule has 1 aromatic carbocycles. The van der Waals surface area contributed by atoms with Crippen molar-refractivity contribution < 1.29 is 24.6 Å². The van der Waals surface area contributed by atoms with Crippen LogP contribution in [0.1, 0.15) is 31.2 Å². The molecule has 8 nitrogen and oxygen atoms in total. The highest BCUT2D eigenvalue weighted by molar-refractivity contribution is 5.96. The SMILES string of the molecule is O=C(O)CC1(O)CCN(c2ccc(CN3CCC(=O)NC3=O)cc2)CC1. The molecule has 0 spiro atoms. The monoisotopic (exact) mass is 361 g/mol. The van der Waals surface area contributed by atoms with E-state index in [4.69, 9.17) is 5.11 Å². The van der Waals surface area contributed by atoms with Crippen molar-refractivity contribution in [2.75, 3.05) is 24.5 Å². The molecule has 26 heavy (non-hydrogen) atoms. The second-order valence-electron chi connectivity index (χ2n) is 6.97. The van der Waals surface area contributed by atoms with Crippen molar-refractivity contribution in [2.24, 2.45) is 0 Å². The van der Waals surface area contributed by atoms with Gasteiger partial charge in [-0.1, -0.05) is 12.1 Å². The van der Waals surface area contributed by atoms with Crippen LogP contribution >= 0.6 is 0 Å². The van der Waals surface area contributed by atoms with Gasteiger partial charge in [0.15, 0.2) is 0 Å². The number of hydrogen-bond donors (Lipinski definition) is 3. The van der Waals surface area contributed by atoms with Crippen LogP contribution in [0.15, 0.2) is 24.3 Å². The molecule has 2 heterocycles. The lowest BCUT2D eigenvalue weighted by atomic mass is 9.88. The molecule has 0 unspecified atom stereocenters. The van der Waals surface area contributed by atoms with E-state index in [1.54, 1.807) is 4.90 Å². The van der Waals surface area contributed by atoms with Crippen LogP contribution in [0.4, 0.5) is 10.5 Å². The molecule has 0 aliphatic carbocycles. The second-order valence-corrected chi connectivity index (χ2v) is 6.97. The molecule has 1 aromatic rings. The number of imide groups is 1. The first-order valence-corrected chi connectivity index (χ1v) is 8.71. The number of nitrogens with zero attached hydrogens (tertiary/aromatic N) is 2. The number of amides is 3. The fourth-order valence-corrected chi connectivity index (χ4v) is 3.42. The highest BCUT2D eigenvalue weighted by Crippen LogP contribution is 2.29. The number of aliphatic hydroxyl groups is 1. The number of hydrogen-bond acceptors (Lipinski definition) is 5. The number of carboxylic acids is 1. The van der Waals surface area contributed by atoms with E-state index >= 15 is 0 Å². The number of anilines is 1. The van der Waals surface area contributed by atoms with E-state index in [-0.39, 0.29) is 18.4 Å². The summed E-state index contributed by atoms with van der Waals surface area (Å²) in [7, 11) is 0. The molecular formula is C18H23N3O5. The van der Waals surface area contributed by atoms with Crippen LogP contribution < -0.4 is 10.2 Å². The summed E-state index contributed by atoms with van der Waals surface area (Å²) in [6.45, 7) is 2.05. The van der Waals surface area contributed by atoms with Crippen LogP contribution in [-0.2, 0) is 16.1 Å². The zero-order valence-electron chi connectivity index (χ0n) is 14.5. The van der Waals surface area contributed by atoms with Gasteiger partial charge in [-0.15, -0.1) is 0 Å². The average molecular weight is 361 g/mol. The molecule has 0 atom stereocenters. The third-order valence-corrected chi connectivity index (χ3v) is 4.99. The molecule has 3 N–H and O–H groups in total. The lowest BCUT2D eigenvalue weighted by molar-refractivity contribution is -0.143. The number of carbonyl (C=O) groups is 3. The van der Waals surface area contributed by atoms with Crippen molar-refractivity contribution in [1.82, 2.24) is 10.2 Å². The standard InChI is InChI=1S/C18H23N3O5/c22-15-5-8-21(17(25)19-15)12-13-1-3-14(4-2-13)20-9-6-18(26,7-10-20)11-16(23)24/h1-4,26H,5-12H2,(H,23,24)(H,19,22,25). The van der Waals surface area contributed by atoms with Gasteiger partial charge in [-0.2, -0.15) is 0 Å². The zero-order valence-corrected chi connectivity index (χ0v) is 14.5. The molecule has 2 aliphatic heterocycles. The fraction of sp³-hybridized carbons (Fsp3) is 0.500. The summed E-state index contributed by atoms with van der Waals surface area (Å²) in [5, 5.41) is 21.5. The van der Waals surface area contributed by atoms with Gasteiger partial charge in [0, 0.05) is 38.3 Å². The molecule has 0 radical (unpaired) electrons. The quantitative estimate of drug-likeness (QED) is 0.720. The minimum Gasteiger partial charge on any atom is -0.481 e. The van der Waals surface area contributed by atoms with Crippen molar-refractivity contribution >= 4 is 23.6 Å². The molecule has 3 rings (SSSR count). The van der Waals surface area contributed by atoms with Gasteiger partial charge >= 0.3 is 12.0 Å². The van der Waals surface area contributed by atoms with Crippen LogP contribution in [0.5, 0.6) is 0 Å². The summed E-state index contributed by atoms with van der Waals surface area (Å²) < 4.78 is 0. The smallest absolute Gasteiger partial charge is 0.324 e. The van der Waals surface area contributed by atoms with Crippen molar-refractivity contribution in [3.05, 3.63) is 29.8 Å². The third-order valence-electron chi connectivity index (χ3n) is 4.99. The molecular weight excluding hydrogens is 338 g/mol. The molecule has 0 bridgehead atoms. The summed E-state index contributed by atoms with van der Waals surface area (Å²) in [5.41, 5.74) is 0.850. The molecule has 2 aliphatic rings. The molecule has 0 saturated carbocycles. The highest BCUT2D eigenvalue weighted by Gasteiger charge is 2.34. The summed E-state index contributed by atoms with van der Waals surface area (Å²) in [5.74, 6) is -1.22. The summed E-state index contributed by atoms with van der Waals surface area (Å²) >= 11 is 0. The first kappa shape index (κ1) is 18.2. The van der Waals surface area contributed by atoms with Gasteiger partial charge in [0.05, 0.1) is 12.0 Å². The van der Waals surface area contributed by atoms with Gasteiger partial charge in [-0.25, -0.2) is 4.79 Å². The number of carboxylic acid groups (broad SMARTS) is 1. The fourth-order valence-electron chi connectivity index (χ4n) is 3.42. The Hall–Kier alpha value is -2.61. The topological polar surface area (TPSA) is 110 Å². The minimum absolute atomic E-state index is 0.222. The molecule has 2 fully saturated rings. The van der Waals surface area contributed by atoms with Gasteiger partial charge in [-0.3, -0.25) is 14.9 Å². The minimum atomic E-state index is -1.12. The Bertz CT molecular complexity index is 695. The Balaban J connectivity index is 1.56. The maximum atomic E-state index is 11.8. The van der Waals surface area contributed by atoms with Crippen molar-refractivity contribution in [1.29, 1.82) is 0 Å². The summed E-state index contributed by atoms with van der Waals surface area (Å²) in [4.78, 5) is 37.5. The van der Waals surface area contributed by atoms with E-state index in [0.29, 0.717) is 45.4 Å². The molecule has 8 heteroatoms. The number of rotatable bonds is 5. The maximum Gasteiger partial charge on any atom is 0.324 e. The van der Waals surface area contributed by atoms with E-state index in [2.05, 4.69) is 10.2 Å². The van der Waals surface area contributed by atoms with Gasteiger partial charge in [-0.05, 0) is 30.5 Å². The Morgan fingerprint density at radius 3 is 2.35 bits per heavy atom. The van der Waals surface area contributed by atoms with Crippen molar-refractivity contribution in [3.8, 4) is 0 Å². The Morgan fingerprint density at radius 1 is 1.12 bits per heavy atom. The van der Waals surface area contributed by atoms with E-state index in [1.165, 1.54) is 0 Å². The lowest BCUT2D eigenvalue weighted by Crippen LogP contribution is -2.48. The van der Waals surface area contributed by atoms with Gasteiger partial charge < -0.3 is 20.0 Å².